The summed E-state index contributed by atoms with van der Waals surface area (Å²) in [6.45, 7) is 1.23. The van der Waals surface area contributed by atoms with Gasteiger partial charge in [-0.3, -0.25) is 4.79 Å². The first-order valence-corrected chi connectivity index (χ1v) is 9.55. The molecule has 1 fully saturated rings. The third kappa shape index (κ3) is 3.61. The first-order valence-electron chi connectivity index (χ1n) is 9.55. The van der Waals surface area contributed by atoms with E-state index in [1.807, 2.05) is 23.9 Å². The number of aromatic nitrogens is 3. The van der Waals surface area contributed by atoms with Crippen LogP contribution in [0.3, 0.4) is 0 Å². The van der Waals surface area contributed by atoms with Gasteiger partial charge < -0.3 is 19.1 Å². The largest absolute Gasteiger partial charge is 0.470 e. The predicted molar refractivity (Wildman–Crippen MR) is 99.1 cm³/mol. The molecule has 1 aliphatic heterocycles. The molecule has 2 aromatic rings. The van der Waals surface area contributed by atoms with E-state index in [-0.39, 0.29) is 12.0 Å². The lowest BCUT2D eigenvalue weighted by Gasteiger charge is -2.32. The zero-order chi connectivity index (χ0) is 18.8. The quantitative estimate of drug-likeness (QED) is 0.813. The van der Waals surface area contributed by atoms with Gasteiger partial charge in [0, 0.05) is 45.0 Å². The zero-order valence-electron chi connectivity index (χ0n) is 15.8. The topological polar surface area (TPSA) is 84.6 Å². The van der Waals surface area contributed by atoms with E-state index in [0.29, 0.717) is 30.5 Å². The minimum absolute atomic E-state index is 0.0535. The Labute approximate surface area is 158 Å². The molecule has 0 aromatic carbocycles. The van der Waals surface area contributed by atoms with Crippen molar-refractivity contribution < 1.29 is 14.1 Å². The van der Waals surface area contributed by atoms with Crippen LogP contribution in [0.25, 0.3) is 0 Å². The van der Waals surface area contributed by atoms with Crippen LogP contribution >= 0.6 is 0 Å². The molecule has 1 saturated heterocycles. The van der Waals surface area contributed by atoms with E-state index < -0.39 is 0 Å². The zero-order valence-corrected chi connectivity index (χ0v) is 15.8. The van der Waals surface area contributed by atoms with Gasteiger partial charge in [0.15, 0.2) is 11.5 Å². The van der Waals surface area contributed by atoms with E-state index in [0.717, 1.165) is 49.8 Å². The highest BCUT2D eigenvalue weighted by atomic mass is 16.5. The van der Waals surface area contributed by atoms with Crippen molar-refractivity contribution in [2.75, 3.05) is 32.1 Å². The number of nitrogens with zero attached hydrogens (tertiary/aromatic N) is 5. The molecule has 8 nitrogen and oxygen atoms in total. The van der Waals surface area contributed by atoms with Crippen molar-refractivity contribution >= 4 is 11.7 Å². The van der Waals surface area contributed by atoms with Gasteiger partial charge in [-0.25, -0.2) is 9.97 Å². The maximum Gasteiger partial charge on any atom is 0.276 e. The average Bonchev–Trinajstić information content (AvgIpc) is 3.12. The standard InChI is InChI=1S/C19H25N5O3/c1-23(2)17-18(21-10-9-20-17)26-13-6-5-11-24(12-13)19(25)16-14-7-3-4-8-15(14)27-22-16/h9-10,13H,3-8,11-12H2,1-2H3/t13-/m1/s1. The number of ether oxygens (including phenoxy) is 1. The summed E-state index contributed by atoms with van der Waals surface area (Å²) in [5, 5.41) is 4.08. The highest BCUT2D eigenvalue weighted by Crippen LogP contribution is 2.27. The molecule has 0 spiro atoms. The number of fused-ring (bicyclic) bond motifs is 1. The maximum atomic E-state index is 13.0. The van der Waals surface area contributed by atoms with Gasteiger partial charge in [0.1, 0.15) is 11.9 Å². The first-order chi connectivity index (χ1) is 13.1. The fraction of sp³-hybridized carbons (Fsp3) is 0.579. The van der Waals surface area contributed by atoms with Crippen molar-refractivity contribution in [3.63, 3.8) is 0 Å². The lowest BCUT2D eigenvalue weighted by atomic mass is 9.96. The number of likely N-dealkylation sites (tertiary alicyclic amines) is 1. The van der Waals surface area contributed by atoms with Gasteiger partial charge in [-0.1, -0.05) is 5.16 Å². The Morgan fingerprint density at radius 1 is 1.22 bits per heavy atom. The van der Waals surface area contributed by atoms with Gasteiger partial charge in [0.25, 0.3) is 11.8 Å². The molecular formula is C19H25N5O3. The number of aryl methyl sites for hydroxylation is 1. The molecule has 8 heteroatoms. The molecule has 0 bridgehead atoms. The van der Waals surface area contributed by atoms with Gasteiger partial charge >= 0.3 is 0 Å². The van der Waals surface area contributed by atoms with Gasteiger partial charge in [0.2, 0.25) is 0 Å². The van der Waals surface area contributed by atoms with E-state index in [1.165, 1.54) is 0 Å². The number of piperidine rings is 1. The molecule has 2 aromatic heterocycles. The molecule has 4 rings (SSSR count). The van der Waals surface area contributed by atoms with Crippen LogP contribution in [0.1, 0.15) is 47.5 Å². The molecule has 0 unspecified atom stereocenters. The second-order valence-electron chi connectivity index (χ2n) is 7.35. The molecule has 27 heavy (non-hydrogen) atoms. The Balaban J connectivity index is 1.47. The molecular weight excluding hydrogens is 346 g/mol. The Morgan fingerprint density at radius 3 is 2.89 bits per heavy atom. The van der Waals surface area contributed by atoms with E-state index in [2.05, 4.69) is 15.1 Å². The van der Waals surface area contributed by atoms with Crippen LogP contribution in [0.2, 0.25) is 0 Å². The second kappa shape index (κ2) is 7.54. The molecule has 0 radical (unpaired) electrons. The number of rotatable bonds is 4. The summed E-state index contributed by atoms with van der Waals surface area (Å²) in [7, 11) is 3.81. The SMILES string of the molecule is CN(C)c1nccnc1O[C@@H]1CCCN(C(=O)c2noc3c2CCCC3)C1. The lowest BCUT2D eigenvalue weighted by molar-refractivity contribution is 0.0518. The molecule has 144 valence electrons. The smallest absolute Gasteiger partial charge is 0.276 e. The fourth-order valence-electron chi connectivity index (χ4n) is 3.79. The molecule has 1 aliphatic carbocycles. The Bertz CT molecular complexity index is 819. The first kappa shape index (κ1) is 17.8. The van der Waals surface area contributed by atoms with Crippen LogP contribution < -0.4 is 9.64 Å². The maximum absolute atomic E-state index is 13.0. The van der Waals surface area contributed by atoms with Crippen LogP contribution in [0, 0.1) is 0 Å². The molecule has 0 saturated carbocycles. The number of amides is 1. The Morgan fingerprint density at radius 2 is 2.04 bits per heavy atom. The number of hydrogen-bond acceptors (Lipinski definition) is 7. The third-order valence-corrected chi connectivity index (χ3v) is 5.17. The third-order valence-electron chi connectivity index (χ3n) is 5.17. The summed E-state index contributed by atoms with van der Waals surface area (Å²) in [6, 6.07) is 0. The van der Waals surface area contributed by atoms with Crippen molar-refractivity contribution in [1.82, 2.24) is 20.0 Å². The summed E-state index contributed by atoms with van der Waals surface area (Å²) in [5.41, 5.74) is 1.48. The molecule has 3 heterocycles. The van der Waals surface area contributed by atoms with Crippen molar-refractivity contribution in [3.8, 4) is 5.88 Å². The minimum Gasteiger partial charge on any atom is -0.470 e. The van der Waals surface area contributed by atoms with Crippen LogP contribution in [0.15, 0.2) is 16.9 Å². The molecule has 1 atom stereocenters. The predicted octanol–water partition coefficient (Wildman–Crippen LogP) is 2.09. The normalized spacial score (nSPS) is 19.5. The van der Waals surface area contributed by atoms with Crippen LogP contribution in [0.5, 0.6) is 5.88 Å². The summed E-state index contributed by atoms with van der Waals surface area (Å²) in [6.07, 6.45) is 8.85. The highest BCUT2D eigenvalue weighted by Gasteiger charge is 2.31. The Hall–Kier alpha value is -2.64. The summed E-state index contributed by atoms with van der Waals surface area (Å²) < 4.78 is 11.5. The van der Waals surface area contributed by atoms with E-state index >= 15 is 0 Å². The fourth-order valence-corrected chi connectivity index (χ4v) is 3.79. The van der Waals surface area contributed by atoms with Crippen molar-refractivity contribution in [2.24, 2.45) is 0 Å². The van der Waals surface area contributed by atoms with Gasteiger partial charge in [-0.05, 0) is 32.1 Å². The van der Waals surface area contributed by atoms with E-state index in [1.54, 1.807) is 12.4 Å². The minimum atomic E-state index is -0.110. The molecule has 0 N–H and O–H groups in total. The van der Waals surface area contributed by atoms with Gasteiger partial charge in [-0.15, -0.1) is 0 Å². The van der Waals surface area contributed by atoms with Crippen molar-refractivity contribution in [3.05, 3.63) is 29.4 Å². The molecule has 2 aliphatic rings. The summed E-state index contributed by atoms with van der Waals surface area (Å²) in [5.74, 6) is 2.01. The van der Waals surface area contributed by atoms with Crippen LogP contribution in [0.4, 0.5) is 5.82 Å². The number of carbonyl (C=O) groups is 1. The van der Waals surface area contributed by atoms with E-state index in [9.17, 15) is 4.79 Å². The van der Waals surface area contributed by atoms with E-state index in [4.69, 9.17) is 9.26 Å². The lowest BCUT2D eigenvalue weighted by Crippen LogP contribution is -2.45. The number of carbonyl (C=O) groups excluding carboxylic acids is 1. The highest BCUT2D eigenvalue weighted by molar-refractivity contribution is 5.94. The van der Waals surface area contributed by atoms with Crippen LogP contribution in [-0.2, 0) is 12.8 Å². The molecule has 1 amide bonds. The van der Waals surface area contributed by atoms with Crippen LogP contribution in [-0.4, -0.2) is 59.2 Å². The number of hydrogen-bond donors (Lipinski definition) is 0. The summed E-state index contributed by atoms with van der Waals surface area (Å²) in [4.78, 5) is 25.4. The van der Waals surface area contributed by atoms with Gasteiger partial charge in [-0.2, -0.15) is 0 Å². The summed E-state index contributed by atoms with van der Waals surface area (Å²) >= 11 is 0. The average molecular weight is 371 g/mol. The monoisotopic (exact) mass is 371 g/mol. The van der Waals surface area contributed by atoms with Crippen molar-refractivity contribution in [1.29, 1.82) is 0 Å². The second-order valence-corrected chi connectivity index (χ2v) is 7.35. The van der Waals surface area contributed by atoms with Gasteiger partial charge in [0.05, 0.1) is 6.54 Å². The Kier molecular flexibility index (Phi) is 4.96. The van der Waals surface area contributed by atoms with Crippen molar-refractivity contribution in [2.45, 2.75) is 44.6 Å². The number of anilines is 1.